The van der Waals surface area contributed by atoms with Crippen molar-refractivity contribution >= 4 is 17.0 Å². The fourth-order valence-corrected chi connectivity index (χ4v) is 2.65. The minimum absolute atomic E-state index is 0.531. The summed E-state index contributed by atoms with van der Waals surface area (Å²) in [6.45, 7) is 6.54. The molecule has 114 valence electrons. The number of carboxylic acids is 1. The first-order valence-corrected chi connectivity index (χ1v) is 7.40. The Balaban J connectivity index is 2.66. The monoisotopic (exact) mass is 289 g/mol. The summed E-state index contributed by atoms with van der Waals surface area (Å²) in [5.74, 6) is -0.00118. The van der Waals surface area contributed by atoms with Crippen molar-refractivity contribution in [1.29, 1.82) is 0 Å². The van der Waals surface area contributed by atoms with Crippen molar-refractivity contribution in [3.63, 3.8) is 0 Å². The molecule has 0 aliphatic rings. The Morgan fingerprint density at radius 3 is 2.62 bits per heavy atom. The molecule has 3 N–H and O–H groups in total. The zero-order valence-electron chi connectivity index (χ0n) is 12.9. The quantitative estimate of drug-likeness (QED) is 0.856. The lowest BCUT2D eigenvalue weighted by atomic mass is 10.1. The fourth-order valence-electron chi connectivity index (χ4n) is 2.65. The predicted octanol–water partition coefficient (Wildman–Crippen LogP) is 2.58. The summed E-state index contributed by atoms with van der Waals surface area (Å²) in [6, 6.07) is 3.49. The molecule has 21 heavy (non-hydrogen) atoms. The molecule has 0 saturated carbocycles. The zero-order chi connectivity index (χ0) is 15.6. The highest BCUT2D eigenvalue weighted by Gasteiger charge is 2.23. The van der Waals surface area contributed by atoms with E-state index in [0.717, 1.165) is 28.8 Å². The van der Waals surface area contributed by atoms with E-state index < -0.39 is 12.0 Å². The highest BCUT2D eigenvalue weighted by Crippen LogP contribution is 2.26. The van der Waals surface area contributed by atoms with Crippen LogP contribution in [0.2, 0.25) is 0 Å². The number of rotatable bonds is 6. The number of hydrogen-bond donors (Lipinski definition) is 2. The van der Waals surface area contributed by atoms with Crippen LogP contribution >= 0.6 is 0 Å². The third kappa shape index (κ3) is 2.93. The highest BCUT2D eigenvalue weighted by atomic mass is 16.4. The molecule has 0 radical (unpaired) electrons. The average Bonchev–Trinajstić information content (AvgIpc) is 2.76. The van der Waals surface area contributed by atoms with Gasteiger partial charge in [0.15, 0.2) is 0 Å². The molecule has 1 aromatic heterocycles. The smallest absolute Gasteiger partial charge is 0.326 e. The van der Waals surface area contributed by atoms with Gasteiger partial charge in [-0.1, -0.05) is 6.92 Å². The molecule has 1 aromatic carbocycles. The van der Waals surface area contributed by atoms with Gasteiger partial charge in [0.05, 0.1) is 11.0 Å². The maximum atomic E-state index is 11.6. The number of carboxylic acid groups (broad SMARTS) is 1. The Labute approximate surface area is 124 Å². The van der Waals surface area contributed by atoms with Gasteiger partial charge < -0.3 is 15.4 Å². The Hall–Kier alpha value is -1.88. The summed E-state index contributed by atoms with van der Waals surface area (Å²) in [7, 11) is 0. The summed E-state index contributed by atoms with van der Waals surface area (Å²) < 4.78 is 1.87. The number of nitrogens with two attached hydrogens (primary N) is 1. The van der Waals surface area contributed by atoms with Crippen LogP contribution in [-0.4, -0.2) is 27.2 Å². The molecule has 2 aromatic rings. The van der Waals surface area contributed by atoms with Gasteiger partial charge in [0.25, 0.3) is 0 Å². The van der Waals surface area contributed by atoms with Crippen molar-refractivity contribution in [2.24, 2.45) is 5.73 Å². The first-order chi connectivity index (χ1) is 9.99. The first kappa shape index (κ1) is 15.5. The molecule has 0 spiro atoms. The van der Waals surface area contributed by atoms with E-state index in [4.69, 9.17) is 5.73 Å². The molecular weight excluding hydrogens is 266 g/mol. The lowest BCUT2D eigenvalue weighted by Gasteiger charge is -2.16. The standard InChI is InChI=1S/C16H23N3O2/c1-4-13(16(20)21)19-14-9-11(3)10(2)8-12(14)18-15(19)6-5-7-17/h8-9,13H,4-7,17H2,1-3H3,(H,20,21). The van der Waals surface area contributed by atoms with Crippen LogP contribution in [0, 0.1) is 13.8 Å². The molecule has 1 atom stereocenters. The molecule has 0 saturated heterocycles. The second kappa shape index (κ2) is 6.26. The van der Waals surface area contributed by atoms with Crippen LogP contribution < -0.4 is 5.73 Å². The maximum absolute atomic E-state index is 11.6. The van der Waals surface area contributed by atoms with Gasteiger partial charge in [0.1, 0.15) is 11.9 Å². The highest BCUT2D eigenvalue weighted by molar-refractivity contribution is 5.81. The molecular formula is C16H23N3O2. The van der Waals surface area contributed by atoms with E-state index in [2.05, 4.69) is 4.98 Å². The van der Waals surface area contributed by atoms with Crippen LogP contribution in [-0.2, 0) is 11.2 Å². The molecule has 0 bridgehead atoms. The largest absolute Gasteiger partial charge is 0.480 e. The number of imidazole rings is 1. The van der Waals surface area contributed by atoms with Gasteiger partial charge in [-0.2, -0.15) is 0 Å². The van der Waals surface area contributed by atoms with Gasteiger partial charge in [-0.05, 0) is 56.5 Å². The van der Waals surface area contributed by atoms with Crippen LogP contribution in [0.25, 0.3) is 11.0 Å². The molecule has 1 unspecified atom stereocenters. The fraction of sp³-hybridized carbons (Fsp3) is 0.500. The number of fused-ring (bicyclic) bond motifs is 1. The Kier molecular flexibility index (Phi) is 4.63. The van der Waals surface area contributed by atoms with Gasteiger partial charge in [-0.3, -0.25) is 0 Å². The van der Waals surface area contributed by atoms with Gasteiger partial charge in [0, 0.05) is 6.42 Å². The molecule has 2 rings (SSSR count). The van der Waals surface area contributed by atoms with Crippen molar-refractivity contribution in [3.8, 4) is 0 Å². The lowest BCUT2D eigenvalue weighted by Crippen LogP contribution is -2.20. The number of aryl methyl sites for hydroxylation is 3. The van der Waals surface area contributed by atoms with Crippen molar-refractivity contribution in [2.45, 2.75) is 46.1 Å². The number of aromatic nitrogens is 2. The SMILES string of the molecule is CCC(C(=O)O)n1c(CCCN)nc2cc(C)c(C)cc21. The molecule has 0 aliphatic heterocycles. The van der Waals surface area contributed by atoms with Gasteiger partial charge in [0.2, 0.25) is 0 Å². The second-order valence-corrected chi connectivity index (χ2v) is 5.48. The topological polar surface area (TPSA) is 81.1 Å². The van der Waals surface area contributed by atoms with E-state index in [1.807, 2.05) is 37.5 Å². The third-order valence-corrected chi connectivity index (χ3v) is 3.97. The van der Waals surface area contributed by atoms with Crippen LogP contribution in [0.1, 0.15) is 42.8 Å². The van der Waals surface area contributed by atoms with E-state index in [1.54, 1.807) is 0 Å². The molecule has 0 amide bonds. The van der Waals surface area contributed by atoms with E-state index in [0.29, 0.717) is 19.4 Å². The Bertz CT molecular complexity index is 661. The number of carbonyl (C=O) groups is 1. The van der Waals surface area contributed by atoms with Crippen molar-refractivity contribution in [3.05, 3.63) is 29.1 Å². The van der Waals surface area contributed by atoms with E-state index >= 15 is 0 Å². The predicted molar refractivity (Wildman–Crippen MR) is 83.5 cm³/mol. The normalized spacial score (nSPS) is 12.8. The summed E-state index contributed by atoms with van der Waals surface area (Å²) >= 11 is 0. The molecule has 0 fully saturated rings. The lowest BCUT2D eigenvalue weighted by molar-refractivity contribution is -0.140. The summed E-state index contributed by atoms with van der Waals surface area (Å²) in [4.78, 5) is 16.2. The van der Waals surface area contributed by atoms with Gasteiger partial charge >= 0.3 is 5.97 Å². The number of hydrogen-bond acceptors (Lipinski definition) is 3. The van der Waals surface area contributed by atoms with Gasteiger partial charge in [-0.25, -0.2) is 9.78 Å². The molecule has 1 heterocycles. The third-order valence-electron chi connectivity index (χ3n) is 3.97. The maximum Gasteiger partial charge on any atom is 0.326 e. The average molecular weight is 289 g/mol. The minimum Gasteiger partial charge on any atom is -0.480 e. The van der Waals surface area contributed by atoms with Gasteiger partial charge in [-0.15, -0.1) is 0 Å². The number of aliphatic carboxylic acids is 1. The van der Waals surface area contributed by atoms with Crippen molar-refractivity contribution < 1.29 is 9.90 Å². The van der Waals surface area contributed by atoms with E-state index in [1.165, 1.54) is 5.56 Å². The second-order valence-electron chi connectivity index (χ2n) is 5.48. The van der Waals surface area contributed by atoms with E-state index in [-0.39, 0.29) is 0 Å². The summed E-state index contributed by atoms with van der Waals surface area (Å²) in [5, 5.41) is 9.50. The van der Waals surface area contributed by atoms with E-state index in [9.17, 15) is 9.90 Å². The van der Waals surface area contributed by atoms with Crippen LogP contribution in [0.4, 0.5) is 0 Å². The summed E-state index contributed by atoms with van der Waals surface area (Å²) in [5.41, 5.74) is 9.67. The molecule has 0 aliphatic carbocycles. The number of nitrogens with zero attached hydrogens (tertiary/aromatic N) is 2. The zero-order valence-corrected chi connectivity index (χ0v) is 12.9. The Morgan fingerprint density at radius 1 is 1.38 bits per heavy atom. The Morgan fingerprint density at radius 2 is 2.05 bits per heavy atom. The van der Waals surface area contributed by atoms with Crippen molar-refractivity contribution in [1.82, 2.24) is 9.55 Å². The van der Waals surface area contributed by atoms with Crippen LogP contribution in [0.15, 0.2) is 12.1 Å². The van der Waals surface area contributed by atoms with Crippen LogP contribution in [0.3, 0.4) is 0 Å². The first-order valence-electron chi connectivity index (χ1n) is 7.40. The summed E-state index contributed by atoms with van der Waals surface area (Å²) in [6.07, 6.45) is 2.04. The van der Waals surface area contributed by atoms with Crippen molar-refractivity contribution in [2.75, 3.05) is 6.54 Å². The molecule has 5 nitrogen and oxygen atoms in total. The molecule has 5 heteroatoms. The van der Waals surface area contributed by atoms with Crippen LogP contribution in [0.5, 0.6) is 0 Å². The number of benzene rings is 1. The minimum atomic E-state index is -0.816.